The van der Waals surface area contributed by atoms with Crippen molar-refractivity contribution in [1.82, 2.24) is 10.2 Å². The molecular formula is C17H30IN3O2S. The molecule has 1 fully saturated rings. The highest BCUT2D eigenvalue weighted by Gasteiger charge is 2.13. The Hall–Kier alpha value is -0.380. The standard InChI is InChI=1S/C17H29N3O2S.HI/c1-3-18-17(20(2)13-15-7-12-23-14-15)19-8-4-9-22-16-5-10-21-11-6-16;/h7,12,14,16H,3-6,8-11,13H2,1-2H3,(H,18,19);1H. The fraction of sp³-hybridized carbons (Fsp3) is 0.706. The van der Waals surface area contributed by atoms with Gasteiger partial charge in [0.05, 0.1) is 6.10 Å². The van der Waals surface area contributed by atoms with Gasteiger partial charge in [0, 0.05) is 46.5 Å². The highest BCUT2D eigenvalue weighted by atomic mass is 127. The number of nitrogens with one attached hydrogen (secondary N) is 1. The molecule has 1 aliphatic rings. The number of ether oxygens (including phenoxy) is 2. The number of hydrogen-bond donors (Lipinski definition) is 1. The average molecular weight is 467 g/mol. The maximum absolute atomic E-state index is 5.89. The van der Waals surface area contributed by atoms with Gasteiger partial charge in [0.25, 0.3) is 0 Å². The van der Waals surface area contributed by atoms with E-state index in [2.05, 4.69) is 41.0 Å². The van der Waals surface area contributed by atoms with Crippen LogP contribution in [-0.2, 0) is 16.0 Å². The number of rotatable bonds is 8. The van der Waals surface area contributed by atoms with Gasteiger partial charge in [-0.25, -0.2) is 0 Å². The van der Waals surface area contributed by atoms with E-state index in [-0.39, 0.29) is 24.0 Å². The van der Waals surface area contributed by atoms with Gasteiger partial charge in [-0.2, -0.15) is 11.3 Å². The largest absolute Gasteiger partial charge is 0.381 e. The Morgan fingerprint density at radius 2 is 2.25 bits per heavy atom. The lowest BCUT2D eigenvalue weighted by Gasteiger charge is -2.23. The van der Waals surface area contributed by atoms with Crippen LogP contribution in [0.5, 0.6) is 0 Å². The Bertz CT molecular complexity index is 451. The quantitative estimate of drug-likeness (QED) is 0.276. The molecule has 0 atom stereocenters. The van der Waals surface area contributed by atoms with E-state index < -0.39 is 0 Å². The lowest BCUT2D eigenvalue weighted by Crippen LogP contribution is -2.38. The molecule has 0 aliphatic carbocycles. The first-order valence-electron chi connectivity index (χ1n) is 8.49. The summed E-state index contributed by atoms with van der Waals surface area (Å²) in [5, 5.41) is 7.65. The number of aliphatic imine (C=N–C) groups is 1. The van der Waals surface area contributed by atoms with Crippen molar-refractivity contribution in [2.24, 2.45) is 4.99 Å². The third-order valence-electron chi connectivity index (χ3n) is 3.78. The van der Waals surface area contributed by atoms with Crippen molar-refractivity contribution in [3.05, 3.63) is 22.4 Å². The lowest BCUT2D eigenvalue weighted by molar-refractivity contribution is -0.0318. The average Bonchev–Trinajstić information content (AvgIpc) is 3.07. The second kappa shape index (κ2) is 12.9. The van der Waals surface area contributed by atoms with Crippen LogP contribution in [0.25, 0.3) is 0 Å². The molecule has 2 rings (SSSR count). The van der Waals surface area contributed by atoms with Crippen LogP contribution in [0.3, 0.4) is 0 Å². The van der Waals surface area contributed by atoms with Crippen molar-refractivity contribution in [3.63, 3.8) is 0 Å². The van der Waals surface area contributed by atoms with E-state index in [1.807, 2.05) is 0 Å². The molecule has 1 aromatic heterocycles. The molecule has 0 unspecified atom stereocenters. The highest BCUT2D eigenvalue weighted by Crippen LogP contribution is 2.11. The Kier molecular flexibility index (Phi) is 11.7. The van der Waals surface area contributed by atoms with Crippen LogP contribution in [-0.4, -0.2) is 56.9 Å². The van der Waals surface area contributed by atoms with Crippen LogP contribution in [0.1, 0.15) is 31.7 Å². The molecule has 5 nitrogen and oxygen atoms in total. The van der Waals surface area contributed by atoms with Crippen LogP contribution >= 0.6 is 35.3 Å². The van der Waals surface area contributed by atoms with E-state index in [4.69, 9.17) is 14.5 Å². The van der Waals surface area contributed by atoms with Crippen molar-refractivity contribution in [2.75, 3.05) is 40.0 Å². The van der Waals surface area contributed by atoms with Crippen molar-refractivity contribution < 1.29 is 9.47 Å². The molecule has 24 heavy (non-hydrogen) atoms. The maximum Gasteiger partial charge on any atom is 0.193 e. The van der Waals surface area contributed by atoms with E-state index in [0.29, 0.717) is 6.10 Å². The second-order valence-electron chi connectivity index (χ2n) is 5.76. The molecule has 0 saturated carbocycles. The van der Waals surface area contributed by atoms with Crippen LogP contribution in [0, 0.1) is 0 Å². The number of nitrogens with zero attached hydrogens (tertiary/aromatic N) is 2. The minimum atomic E-state index is 0. The summed E-state index contributed by atoms with van der Waals surface area (Å²) in [6.45, 7) is 7.10. The zero-order valence-electron chi connectivity index (χ0n) is 14.7. The summed E-state index contributed by atoms with van der Waals surface area (Å²) >= 11 is 1.73. The fourth-order valence-corrected chi connectivity index (χ4v) is 3.20. The van der Waals surface area contributed by atoms with Crippen molar-refractivity contribution in [1.29, 1.82) is 0 Å². The van der Waals surface area contributed by atoms with Crippen LogP contribution in [0.15, 0.2) is 21.8 Å². The van der Waals surface area contributed by atoms with Crippen LogP contribution in [0.2, 0.25) is 0 Å². The normalized spacial score (nSPS) is 15.8. The van der Waals surface area contributed by atoms with Crippen molar-refractivity contribution in [3.8, 4) is 0 Å². The van der Waals surface area contributed by atoms with E-state index in [9.17, 15) is 0 Å². The second-order valence-corrected chi connectivity index (χ2v) is 6.54. The summed E-state index contributed by atoms with van der Waals surface area (Å²) in [5.41, 5.74) is 1.32. The Morgan fingerprint density at radius 1 is 1.46 bits per heavy atom. The minimum absolute atomic E-state index is 0. The molecule has 2 heterocycles. The molecule has 1 aliphatic heterocycles. The van der Waals surface area contributed by atoms with E-state index in [1.54, 1.807) is 11.3 Å². The van der Waals surface area contributed by atoms with Crippen LogP contribution < -0.4 is 5.32 Å². The molecule has 0 radical (unpaired) electrons. The van der Waals surface area contributed by atoms with E-state index in [1.165, 1.54) is 5.56 Å². The number of thiophene rings is 1. The summed E-state index contributed by atoms with van der Waals surface area (Å²) < 4.78 is 11.2. The van der Waals surface area contributed by atoms with Gasteiger partial charge in [-0.05, 0) is 48.6 Å². The van der Waals surface area contributed by atoms with Gasteiger partial charge in [0.2, 0.25) is 0 Å². The van der Waals surface area contributed by atoms with Gasteiger partial charge in [0.1, 0.15) is 0 Å². The highest BCUT2D eigenvalue weighted by molar-refractivity contribution is 14.0. The lowest BCUT2D eigenvalue weighted by atomic mass is 10.1. The number of hydrogen-bond acceptors (Lipinski definition) is 4. The smallest absolute Gasteiger partial charge is 0.193 e. The summed E-state index contributed by atoms with van der Waals surface area (Å²) in [6.07, 6.45) is 3.38. The topological polar surface area (TPSA) is 46.1 Å². The van der Waals surface area contributed by atoms with Crippen molar-refractivity contribution >= 4 is 41.3 Å². The molecule has 1 saturated heterocycles. The zero-order chi connectivity index (χ0) is 16.3. The zero-order valence-corrected chi connectivity index (χ0v) is 17.8. The first kappa shape index (κ1) is 21.7. The van der Waals surface area contributed by atoms with Gasteiger partial charge in [-0.1, -0.05) is 0 Å². The predicted molar refractivity (Wildman–Crippen MR) is 112 cm³/mol. The first-order valence-corrected chi connectivity index (χ1v) is 9.43. The molecule has 1 aromatic rings. The SMILES string of the molecule is CCNC(=NCCCOC1CCOCC1)N(C)Cc1ccsc1.I. The number of guanidine groups is 1. The monoisotopic (exact) mass is 467 g/mol. The molecule has 0 aromatic carbocycles. The summed E-state index contributed by atoms with van der Waals surface area (Å²) in [4.78, 5) is 6.88. The maximum atomic E-state index is 5.89. The van der Waals surface area contributed by atoms with Gasteiger partial charge in [-0.15, -0.1) is 24.0 Å². The van der Waals surface area contributed by atoms with Gasteiger partial charge in [0.15, 0.2) is 5.96 Å². The Morgan fingerprint density at radius 3 is 2.92 bits per heavy atom. The van der Waals surface area contributed by atoms with Crippen molar-refractivity contribution in [2.45, 2.75) is 38.8 Å². The summed E-state index contributed by atoms with van der Waals surface area (Å²) in [5.74, 6) is 0.963. The molecule has 138 valence electrons. The van der Waals surface area contributed by atoms with Gasteiger partial charge < -0.3 is 19.7 Å². The Labute approximate surface area is 166 Å². The Balaban J connectivity index is 0.00000288. The summed E-state index contributed by atoms with van der Waals surface area (Å²) in [7, 11) is 2.08. The molecule has 0 amide bonds. The van der Waals surface area contributed by atoms with Crippen LogP contribution in [0.4, 0.5) is 0 Å². The van der Waals surface area contributed by atoms with Gasteiger partial charge in [-0.3, -0.25) is 4.99 Å². The molecule has 0 bridgehead atoms. The molecule has 7 heteroatoms. The third kappa shape index (κ3) is 8.13. The predicted octanol–water partition coefficient (Wildman–Crippen LogP) is 3.35. The molecule has 1 N–H and O–H groups in total. The summed E-state index contributed by atoms with van der Waals surface area (Å²) in [6, 6.07) is 2.16. The fourth-order valence-electron chi connectivity index (χ4n) is 2.54. The molecular weight excluding hydrogens is 437 g/mol. The first-order chi connectivity index (χ1) is 11.3. The minimum Gasteiger partial charge on any atom is -0.381 e. The third-order valence-corrected chi connectivity index (χ3v) is 4.51. The van der Waals surface area contributed by atoms with E-state index >= 15 is 0 Å². The van der Waals surface area contributed by atoms with Gasteiger partial charge >= 0.3 is 0 Å². The van der Waals surface area contributed by atoms with E-state index in [0.717, 1.165) is 64.7 Å². The molecule has 0 spiro atoms. The number of halogens is 1.